The lowest BCUT2D eigenvalue weighted by atomic mass is 10.1. The van der Waals surface area contributed by atoms with Gasteiger partial charge < -0.3 is 9.47 Å². The second-order valence-electron chi connectivity index (χ2n) is 3.31. The Morgan fingerprint density at radius 1 is 1.24 bits per heavy atom. The summed E-state index contributed by atoms with van der Waals surface area (Å²) < 4.78 is 44.8. The first-order valence-corrected chi connectivity index (χ1v) is 7.18. The molecule has 0 aromatic heterocycles. The van der Waals surface area contributed by atoms with Gasteiger partial charge in [0.25, 0.3) is 0 Å². The summed E-state index contributed by atoms with van der Waals surface area (Å²) in [5.41, 5.74) is 0.573. The van der Waals surface area contributed by atoms with Gasteiger partial charge in [0.1, 0.15) is 0 Å². The fraction of sp³-hybridized carbons (Fsp3) is 0.400. The molecule has 0 spiro atoms. The molecule has 0 heterocycles. The van der Waals surface area contributed by atoms with E-state index in [1.807, 2.05) is 0 Å². The van der Waals surface area contributed by atoms with Gasteiger partial charge in [0, 0.05) is 10.7 Å². The molecular weight excluding hydrogens is 271 g/mol. The summed E-state index contributed by atoms with van der Waals surface area (Å²) in [6.07, 6.45) is 0.166. The first-order chi connectivity index (χ1) is 7.87. The SMILES string of the molecule is COc1cc(CCS(=O)(=O)Cl)cc(OC)c1F. The van der Waals surface area contributed by atoms with E-state index in [0.29, 0.717) is 5.56 Å². The molecule has 0 aliphatic rings. The van der Waals surface area contributed by atoms with Gasteiger partial charge in [-0.15, -0.1) is 0 Å². The van der Waals surface area contributed by atoms with Crippen LogP contribution in [0.3, 0.4) is 0 Å². The minimum absolute atomic E-state index is 0.00585. The Balaban J connectivity index is 3.01. The summed E-state index contributed by atoms with van der Waals surface area (Å²) >= 11 is 0. The quantitative estimate of drug-likeness (QED) is 0.775. The molecule has 1 aromatic carbocycles. The van der Waals surface area contributed by atoms with E-state index in [1.54, 1.807) is 0 Å². The summed E-state index contributed by atoms with van der Waals surface area (Å²) in [5, 5.41) is 0. The average molecular weight is 283 g/mol. The van der Waals surface area contributed by atoms with Crippen LogP contribution in [0.15, 0.2) is 12.1 Å². The van der Waals surface area contributed by atoms with E-state index in [4.69, 9.17) is 20.2 Å². The lowest BCUT2D eigenvalue weighted by Crippen LogP contribution is -2.03. The third-order valence-corrected chi connectivity index (χ3v) is 3.29. The molecule has 17 heavy (non-hydrogen) atoms. The van der Waals surface area contributed by atoms with E-state index in [0.717, 1.165) is 0 Å². The largest absolute Gasteiger partial charge is 0.494 e. The molecule has 0 unspecified atom stereocenters. The van der Waals surface area contributed by atoms with Crippen molar-refractivity contribution in [3.05, 3.63) is 23.5 Å². The first kappa shape index (κ1) is 14.1. The second kappa shape index (κ2) is 5.55. The third-order valence-electron chi connectivity index (χ3n) is 2.14. The zero-order chi connectivity index (χ0) is 13.1. The van der Waals surface area contributed by atoms with E-state index in [-0.39, 0.29) is 23.7 Å². The van der Waals surface area contributed by atoms with Gasteiger partial charge in [-0.1, -0.05) is 0 Å². The van der Waals surface area contributed by atoms with Crippen molar-refractivity contribution in [1.82, 2.24) is 0 Å². The van der Waals surface area contributed by atoms with Crippen molar-refractivity contribution >= 4 is 19.7 Å². The summed E-state index contributed by atoms with van der Waals surface area (Å²) in [4.78, 5) is 0. The number of rotatable bonds is 5. The average Bonchev–Trinajstić information content (AvgIpc) is 2.26. The lowest BCUT2D eigenvalue weighted by molar-refractivity contribution is 0.349. The Hall–Kier alpha value is -1.01. The minimum atomic E-state index is -3.57. The smallest absolute Gasteiger partial charge is 0.232 e. The third kappa shape index (κ3) is 4.05. The Bertz CT molecular complexity index is 476. The minimum Gasteiger partial charge on any atom is -0.494 e. The lowest BCUT2D eigenvalue weighted by Gasteiger charge is -2.09. The second-order valence-corrected chi connectivity index (χ2v) is 6.20. The van der Waals surface area contributed by atoms with Crippen LogP contribution in [-0.4, -0.2) is 28.4 Å². The van der Waals surface area contributed by atoms with E-state index < -0.39 is 14.9 Å². The number of aryl methyl sites for hydroxylation is 1. The van der Waals surface area contributed by atoms with Gasteiger partial charge in [0.2, 0.25) is 14.9 Å². The van der Waals surface area contributed by atoms with Gasteiger partial charge in [0.15, 0.2) is 11.5 Å². The maximum absolute atomic E-state index is 13.5. The van der Waals surface area contributed by atoms with Gasteiger partial charge in [-0.2, -0.15) is 4.39 Å². The van der Waals surface area contributed by atoms with Crippen LogP contribution in [0.2, 0.25) is 0 Å². The Morgan fingerprint density at radius 3 is 2.06 bits per heavy atom. The van der Waals surface area contributed by atoms with Crippen LogP contribution in [0.4, 0.5) is 4.39 Å². The van der Waals surface area contributed by atoms with Crippen molar-refractivity contribution in [2.45, 2.75) is 6.42 Å². The molecule has 0 saturated carbocycles. The van der Waals surface area contributed by atoms with Gasteiger partial charge in [0.05, 0.1) is 20.0 Å². The highest BCUT2D eigenvalue weighted by atomic mass is 35.7. The van der Waals surface area contributed by atoms with Gasteiger partial charge >= 0.3 is 0 Å². The van der Waals surface area contributed by atoms with Crippen molar-refractivity contribution < 1.29 is 22.3 Å². The molecular formula is C10H12ClFO4S. The van der Waals surface area contributed by atoms with E-state index >= 15 is 0 Å². The number of hydrogen-bond donors (Lipinski definition) is 0. The monoisotopic (exact) mass is 282 g/mol. The van der Waals surface area contributed by atoms with Crippen molar-refractivity contribution in [3.8, 4) is 11.5 Å². The molecule has 7 heteroatoms. The van der Waals surface area contributed by atoms with Gasteiger partial charge in [-0.05, 0) is 24.1 Å². The zero-order valence-electron chi connectivity index (χ0n) is 9.37. The van der Waals surface area contributed by atoms with Crippen LogP contribution in [0.1, 0.15) is 5.56 Å². The van der Waals surface area contributed by atoms with Crippen LogP contribution in [0.5, 0.6) is 11.5 Å². The highest BCUT2D eigenvalue weighted by molar-refractivity contribution is 8.13. The van der Waals surface area contributed by atoms with E-state index in [1.165, 1.54) is 26.4 Å². The van der Waals surface area contributed by atoms with Crippen LogP contribution in [0.25, 0.3) is 0 Å². The molecule has 0 aliphatic carbocycles. The fourth-order valence-electron chi connectivity index (χ4n) is 1.31. The molecule has 0 amide bonds. The number of methoxy groups -OCH3 is 2. The van der Waals surface area contributed by atoms with Crippen LogP contribution >= 0.6 is 10.7 Å². The molecule has 1 rings (SSSR count). The molecule has 0 bridgehead atoms. The molecule has 0 fully saturated rings. The maximum atomic E-state index is 13.5. The standard InChI is InChI=1S/C10H12ClFO4S/c1-15-8-5-7(3-4-17(11,13)14)6-9(16-2)10(8)12/h5-6H,3-4H2,1-2H3. The normalized spacial score (nSPS) is 11.3. The van der Waals surface area contributed by atoms with E-state index in [9.17, 15) is 12.8 Å². The van der Waals surface area contributed by atoms with Crippen LogP contribution in [0, 0.1) is 5.82 Å². The predicted molar refractivity (Wildman–Crippen MR) is 62.8 cm³/mol. The number of halogens is 2. The van der Waals surface area contributed by atoms with Crippen molar-refractivity contribution in [2.24, 2.45) is 0 Å². The molecule has 4 nitrogen and oxygen atoms in total. The first-order valence-electron chi connectivity index (χ1n) is 4.70. The van der Waals surface area contributed by atoms with Crippen molar-refractivity contribution in [2.75, 3.05) is 20.0 Å². The van der Waals surface area contributed by atoms with E-state index in [2.05, 4.69) is 0 Å². The summed E-state index contributed by atoms with van der Waals surface area (Å²) in [5.74, 6) is -0.836. The fourth-order valence-corrected chi connectivity index (χ4v) is 2.02. The topological polar surface area (TPSA) is 52.6 Å². The number of ether oxygens (including phenoxy) is 2. The number of benzene rings is 1. The molecule has 96 valence electrons. The Labute approximate surface area is 104 Å². The van der Waals surface area contributed by atoms with Crippen molar-refractivity contribution in [1.29, 1.82) is 0 Å². The predicted octanol–water partition coefficient (Wildman–Crippen LogP) is 1.95. The van der Waals surface area contributed by atoms with Gasteiger partial charge in [-0.3, -0.25) is 0 Å². The molecule has 0 saturated heterocycles. The Kier molecular flexibility index (Phi) is 4.59. The summed E-state index contributed by atoms with van der Waals surface area (Å²) in [7, 11) is 4.16. The van der Waals surface area contributed by atoms with Crippen molar-refractivity contribution in [3.63, 3.8) is 0 Å². The highest BCUT2D eigenvalue weighted by Gasteiger charge is 2.13. The maximum Gasteiger partial charge on any atom is 0.232 e. The number of hydrogen-bond acceptors (Lipinski definition) is 4. The molecule has 0 atom stereocenters. The molecule has 0 N–H and O–H groups in total. The van der Waals surface area contributed by atoms with Crippen LogP contribution < -0.4 is 9.47 Å². The summed E-state index contributed by atoms with van der Waals surface area (Å²) in [6.45, 7) is 0. The molecule has 0 radical (unpaired) electrons. The van der Waals surface area contributed by atoms with Crippen LogP contribution in [-0.2, 0) is 15.5 Å². The zero-order valence-corrected chi connectivity index (χ0v) is 10.9. The highest BCUT2D eigenvalue weighted by Crippen LogP contribution is 2.28. The molecule has 0 aliphatic heterocycles. The Morgan fingerprint density at radius 2 is 1.71 bits per heavy atom. The van der Waals surface area contributed by atoms with Gasteiger partial charge in [-0.25, -0.2) is 8.42 Å². The molecule has 1 aromatic rings. The summed E-state index contributed by atoms with van der Waals surface area (Å²) in [6, 6.07) is 2.83.